The van der Waals surface area contributed by atoms with Crippen LogP contribution in [0.3, 0.4) is 0 Å². The summed E-state index contributed by atoms with van der Waals surface area (Å²) < 4.78 is 9.46. The molecule has 0 bridgehead atoms. The molecule has 0 rings (SSSR count). The molecule has 0 saturated carbocycles. The van der Waals surface area contributed by atoms with Crippen LogP contribution in [0.25, 0.3) is 0 Å². The summed E-state index contributed by atoms with van der Waals surface area (Å²) in [6.07, 6.45) is 0. The van der Waals surface area contributed by atoms with Crippen LogP contribution < -0.4 is 0 Å². The summed E-state index contributed by atoms with van der Waals surface area (Å²) in [5.41, 5.74) is 0. The van der Waals surface area contributed by atoms with Crippen LogP contribution >= 0.6 is 6.72 Å². The summed E-state index contributed by atoms with van der Waals surface area (Å²) in [6, 6.07) is 0. The zero-order valence-corrected chi connectivity index (χ0v) is 10.2. The molecule has 0 atom stereocenters. The van der Waals surface area contributed by atoms with Gasteiger partial charge >= 0.3 is 6.72 Å². The van der Waals surface area contributed by atoms with Crippen LogP contribution in [0.1, 0.15) is 13.8 Å². The fourth-order valence-corrected chi connectivity index (χ4v) is 1.72. The van der Waals surface area contributed by atoms with E-state index in [2.05, 4.69) is 11.8 Å². The van der Waals surface area contributed by atoms with Crippen molar-refractivity contribution in [3.05, 3.63) is 0 Å². The van der Waals surface area contributed by atoms with Crippen LogP contribution in [0, 0.1) is 0 Å². The largest absolute Gasteiger partial charge is 0.324 e. The van der Waals surface area contributed by atoms with Gasteiger partial charge in [-0.05, 0) is 25.7 Å². The normalized spacial score (nSPS) is 10.7. The summed E-state index contributed by atoms with van der Waals surface area (Å²) in [5, 5.41) is 0. The predicted octanol–water partition coefficient (Wildman–Crippen LogP) is 0.895. The second-order valence-corrected chi connectivity index (χ2v) is 4.14. The van der Waals surface area contributed by atoms with E-state index in [0.717, 1.165) is 0 Å². The van der Waals surface area contributed by atoms with E-state index in [1.807, 2.05) is 0 Å². The van der Waals surface area contributed by atoms with E-state index < -0.39 is 6.72 Å². The summed E-state index contributed by atoms with van der Waals surface area (Å²) in [5.74, 6) is 0. The Morgan fingerprint density at radius 1 is 1.30 bits per heavy atom. The molecule has 0 aliphatic heterocycles. The third kappa shape index (κ3) is 7.63. The average molecular weight is 193 g/mol. The molecule has 10 heavy (non-hydrogen) atoms. The van der Waals surface area contributed by atoms with Crippen molar-refractivity contribution in [2.75, 3.05) is 13.2 Å². The minimum absolute atomic E-state index is 0. The smallest absolute Gasteiger partial charge is 0.324 e. The monoisotopic (exact) mass is 193 g/mol. The van der Waals surface area contributed by atoms with Crippen molar-refractivity contribution in [2.45, 2.75) is 13.8 Å². The molecule has 0 saturated heterocycles. The summed E-state index contributed by atoms with van der Waals surface area (Å²) in [6.45, 7) is 1.45. The van der Waals surface area contributed by atoms with Crippen LogP contribution in [0.4, 0.5) is 0 Å². The van der Waals surface area contributed by atoms with Gasteiger partial charge in [0.25, 0.3) is 0 Å². The van der Waals surface area contributed by atoms with E-state index in [0.29, 0.717) is 13.2 Å². The first-order valence-corrected chi connectivity index (χ1v) is 5.33. The van der Waals surface area contributed by atoms with E-state index >= 15 is 0 Å². The van der Waals surface area contributed by atoms with Crippen molar-refractivity contribution in [3.8, 4) is 0 Å². The maximum atomic E-state index is 9.00. The van der Waals surface area contributed by atoms with Gasteiger partial charge in [0.15, 0.2) is 0 Å². The Labute approximate surface area is 88.6 Å². The zero-order chi connectivity index (χ0) is 7.33. The molecule has 0 aromatic carbocycles. The standard InChI is InChI=1S/C4H11O3PS.Na/c1-3-6-8(5,9)7-4-2;/h3-4H2,1-2H3,(H,5,9);. The van der Waals surface area contributed by atoms with Gasteiger partial charge in [0, 0.05) is 29.6 Å². The Morgan fingerprint density at radius 3 is 1.80 bits per heavy atom. The van der Waals surface area contributed by atoms with Crippen LogP contribution in [-0.4, -0.2) is 47.7 Å². The van der Waals surface area contributed by atoms with Gasteiger partial charge in [-0.15, -0.1) is 0 Å². The van der Waals surface area contributed by atoms with Gasteiger partial charge in [-0.25, -0.2) is 0 Å². The molecular weight excluding hydrogens is 182 g/mol. The van der Waals surface area contributed by atoms with Crippen molar-refractivity contribution >= 4 is 48.1 Å². The molecule has 1 N–H and O–H groups in total. The van der Waals surface area contributed by atoms with Gasteiger partial charge in [-0.2, -0.15) is 0 Å². The number of hydrogen-bond donors (Lipinski definition) is 1. The summed E-state index contributed by atoms with van der Waals surface area (Å²) in [7, 11) is 0. The Bertz CT molecular complexity index is 111. The topological polar surface area (TPSA) is 38.7 Å². The van der Waals surface area contributed by atoms with E-state index in [1.54, 1.807) is 13.8 Å². The first-order chi connectivity index (χ1) is 4.12. The molecule has 3 nitrogen and oxygen atoms in total. The van der Waals surface area contributed by atoms with E-state index in [1.165, 1.54) is 0 Å². The van der Waals surface area contributed by atoms with Gasteiger partial charge in [-0.1, -0.05) is 0 Å². The van der Waals surface area contributed by atoms with Crippen molar-refractivity contribution in [2.24, 2.45) is 0 Å². The number of rotatable bonds is 4. The van der Waals surface area contributed by atoms with Gasteiger partial charge in [-0.3, -0.25) is 0 Å². The molecule has 0 heterocycles. The molecule has 0 aromatic rings. The minimum Gasteiger partial charge on any atom is -0.324 e. The molecule has 0 unspecified atom stereocenters. The zero-order valence-electron chi connectivity index (χ0n) is 6.53. The number of hydrogen-bond acceptors (Lipinski definition) is 3. The molecule has 0 fully saturated rings. The Kier molecular flexibility index (Phi) is 10.1. The maximum absolute atomic E-state index is 9.00. The molecule has 0 aliphatic rings. The fraction of sp³-hybridized carbons (Fsp3) is 1.00. The second-order valence-electron chi connectivity index (χ2n) is 1.30. The first-order valence-electron chi connectivity index (χ1n) is 2.74. The van der Waals surface area contributed by atoms with Crippen molar-refractivity contribution < 1.29 is 13.9 Å². The van der Waals surface area contributed by atoms with Crippen molar-refractivity contribution in [1.29, 1.82) is 0 Å². The molecule has 6 heteroatoms. The Morgan fingerprint density at radius 2 is 1.60 bits per heavy atom. The average Bonchev–Trinajstić information content (AvgIpc) is 1.64. The predicted molar refractivity (Wildman–Crippen MR) is 45.5 cm³/mol. The Balaban J connectivity index is 0. The van der Waals surface area contributed by atoms with E-state index in [-0.39, 0.29) is 29.6 Å². The van der Waals surface area contributed by atoms with Gasteiger partial charge in [0.1, 0.15) is 0 Å². The SMILES string of the molecule is CCOP(O)(=S)OCC.[Na]. The molecule has 0 spiro atoms. The van der Waals surface area contributed by atoms with Crippen LogP contribution in [-0.2, 0) is 20.9 Å². The fourth-order valence-electron chi connectivity index (χ4n) is 0.364. The Hall–Kier alpha value is 1.53. The minimum atomic E-state index is -2.86. The van der Waals surface area contributed by atoms with E-state index in [4.69, 9.17) is 13.9 Å². The van der Waals surface area contributed by atoms with Gasteiger partial charge in [0.05, 0.1) is 13.2 Å². The van der Waals surface area contributed by atoms with Crippen molar-refractivity contribution in [1.82, 2.24) is 0 Å². The molecule has 0 aromatic heterocycles. The first kappa shape index (κ1) is 14.1. The molecular formula is C4H11NaO3PS. The van der Waals surface area contributed by atoms with Gasteiger partial charge < -0.3 is 13.9 Å². The van der Waals surface area contributed by atoms with Crippen LogP contribution in [0.2, 0.25) is 0 Å². The third-order valence-corrected chi connectivity index (χ3v) is 2.39. The van der Waals surface area contributed by atoms with Crippen LogP contribution in [0.15, 0.2) is 0 Å². The third-order valence-electron chi connectivity index (χ3n) is 0.584. The molecule has 1 radical (unpaired) electrons. The summed E-state index contributed by atoms with van der Waals surface area (Å²) >= 11 is 4.56. The molecule has 57 valence electrons. The maximum Gasteiger partial charge on any atom is 0.324 e. The molecule has 0 aliphatic carbocycles. The van der Waals surface area contributed by atoms with Crippen LogP contribution in [0.5, 0.6) is 0 Å². The van der Waals surface area contributed by atoms with Gasteiger partial charge in [0.2, 0.25) is 0 Å². The summed E-state index contributed by atoms with van der Waals surface area (Å²) in [4.78, 5) is 9.00. The second kappa shape index (κ2) is 7.19. The van der Waals surface area contributed by atoms with Crippen molar-refractivity contribution in [3.63, 3.8) is 0 Å². The van der Waals surface area contributed by atoms with E-state index in [9.17, 15) is 0 Å². The molecule has 0 amide bonds. The quantitative estimate of drug-likeness (QED) is 0.531.